The van der Waals surface area contributed by atoms with Crippen LogP contribution in [0.3, 0.4) is 0 Å². The molecule has 0 fully saturated rings. The molecule has 0 bridgehead atoms. The van der Waals surface area contributed by atoms with Gasteiger partial charge in [0.1, 0.15) is 6.54 Å². The van der Waals surface area contributed by atoms with E-state index in [2.05, 4.69) is 16.7 Å². The van der Waals surface area contributed by atoms with Crippen LogP contribution in [0.5, 0.6) is 0 Å². The molecule has 1 atom stereocenters. The van der Waals surface area contributed by atoms with E-state index >= 15 is 0 Å². The molecule has 0 saturated heterocycles. The largest absolute Gasteiger partial charge is 0.345 e. The first-order chi connectivity index (χ1) is 7.24. The molecule has 0 aromatic heterocycles. The second-order valence-corrected chi connectivity index (χ2v) is 3.30. The van der Waals surface area contributed by atoms with Crippen molar-refractivity contribution >= 4 is 11.8 Å². The van der Waals surface area contributed by atoms with Crippen molar-refractivity contribution in [1.82, 2.24) is 10.6 Å². The van der Waals surface area contributed by atoms with Crippen molar-refractivity contribution in [2.24, 2.45) is 0 Å². The van der Waals surface area contributed by atoms with E-state index < -0.39 is 11.8 Å². The van der Waals surface area contributed by atoms with Crippen molar-refractivity contribution in [1.29, 1.82) is 5.26 Å². The maximum atomic E-state index is 11.3. The van der Waals surface area contributed by atoms with Crippen molar-refractivity contribution < 1.29 is 9.59 Å². The number of allylic oxidation sites excluding steroid dienone is 1. The number of rotatable bonds is 2. The topological polar surface area (TPSA) is 82.0 Å². The Morgan fingerprint density at radius 3 is 2.80 bits per heavy atom. The van der Waals surface area contributed by atoms with Crippen LogP contribution in [0.15, 0.2) is 12.2 Å². The van der Waals surface area contributed by atoms with Crippen LogP contribution in [0.4, 0.5) is 0 Å². The SMILES string of the molecule is N#CCNC(=O)C(=O)NC1CC=CCC1. The van der Waals surface area contributed by atoms with Gasteiger partial charge in [0.2, 0.25) is 0 Å². The van der Waals surface area contributed by atoms with Gasteiger partial charge in [-0.1, -0.05) is 12.2 Å². The number of carbonyl (C=O) groups is 2. The summed E-state index contributed by atoms with van der Waals surface area (Å²) >= 11 is 0. The summed E-state index contributed by atoms with van der Waals surface area (Å²) in [5, 5.41) is 13.0. The van der Waals surface area contributed by atoms with Gasteiger partial charge in [0.05, 0.1) is 6.07 Å². The number of nitrogens with one attached hydrogen (secondary N) is 2. The van der Waals surface area contributed by atoms with Crippen molar-refractivity contribution in [3.05, 3.63) is 12.2 Å². The fourth-order valence-electron chi connectivity index (χ4n) is 1.38. The van der Waals surface area contributed by atoms with Gasteiger partial charge in [-0.25, -0.2) is 0 Å². The van der Waals surface area contributed by atoms with E-state index in [9.17, 15) is 9.59 Å². The normalized spacial score (nSPS) is 19.0. The molecule has 0 spiro atoms. The summed E-state index contributed by atoms with van der Waals surface area (Å²) in [5.74, 6) is -1.41. The van der Waals surface area contributed by atoms with Gasteiger partial charge in [0, 0.05) is 6.04 Å². The number of carbonyl (C=O) groups excluding carboxylic acids is 2. The highest BCUT2D eigenvalue weighted by molar-refractivity contribution is 6.35. The van der Waals surface area contributed by atoms with E-state index in [4.69, 9.17) is 5.26 Å². The van der Waals surface area contributed by atoms with Crippen LogP contribution in [0.1, 0.15) is 19.3 Å². The van der Waals surface area contributed by atoms with Gasteiger partial charge in [-0.2, -0.15) is 5.26 Å². The summed E-state index contributed by atoms with van der Waals surface area (Å²) in [6.45, 7) is -0.142. The van der Waals surface area contributed by atoms with Gasteiger partial charge >= 0.3 is 11.8 Å². The molecule has 1 rings (SSSR count). The summed E-state index contributed by atoms with van der Waals surface area (Å²) < 4.78 is 0. The first-order valence-electron chi connectivity index (χ1n) is 4.84. The molecule has 1 aliphatic carbocycles. The van der Waals surface area contributed by atoms with E-state index in [0.29, 0.717) is 0 Å². The molecule has 0 aromatic rings. The Morgan fingerprint density at radius 2 is 2.20 bits per heavy atom. The van der Waals surface area contributed by atoms with E-state index in [-0.39, 0.29) is 12.6 Å². The second-order valence-electron chi connectivity index (χ2n) is 3.30. The van der Waals surface area contributed by atoms with Crippen LogP contribution in [0.25, 0.3) is 0 Å². The number of amides is 2. The zero-order chi connectivity index (χ0) is 11.1. The summed E-state index contributed by atoms with van der Waals surface area (Å²) in [4.78, 5) is 22.3. The molecule has 15 heavy (non-hydrogen) atoms. The number of nitrogens with zero attached hydrogens (tertiary/aromatic N) is 1. The first-order valence-corrected chi connectivity index (χ1v) is 4.84. The third kappa shape index (κ3) is 3.81. The highest BCUT2D eigenvalue weighted by Crippen LogP contribution is 2.09. The fraction of sp³-hybridized carbons (Fsp3) is 0.500. The van der Waals surface area contributed by atoms with Crippen molar-refractivity contribution in [3.63, 3.8) is 0 Å². The molecule has 5 heteroatoms. The number of hydrogen-bond acceptors (Lipinski definition) is 3. The van der Waals surface area contributed by atoms with Crippen molar-refractivity contribution in [3.8, 4) is 6.07 Å². The molecule has 1 aliphatic rings. The highest BCUT2D eigenvalue weighted by atomic mass is 16.2. The van der Waals surface area contributed by atoms with Gasteiger partial charge in [0.15, 0.2) is 0 Å². The summed E-state index contributed by atoms with van der Waals surface area (Å²) in [6, 6.07) is 1.77. The van der Waals surface area contributed by atoms with Gasteiger partial charge in [-0.3, -0.25) is 9.59 Å². The Bertz CT molecular complexity index is 317. The summed E-state index contributed by atoms with van der Waals surface area (Å²) in [5.41, 5.74) is 0. The average Bonchev–Trinajstić information content (AvgIpc) is 2.27. The number of nitriles is 1. The zero-order valence-electron chi connectivity index (χ0n) is 8.32. The van der Waals surface area contributed by atoms with Crippen LogP contribution in [0.2, 0.25) is 0 Å². The van der Waals surface area contributed by atoms with Crippen molar-refractivity contribution in [2.45, 2.75) is 25.3 Å². The lowest BCUT2D eigenvalue weighted by Gasteiger charge is -2.18. The van der Waals surface area contributed by atoms with Crippen LogP contribution >= 0.6 is 0 Å². The first kappa shape index (κ1) is 11.2. The predicted molar refractivity (Wildman–Crippen MR) is 53.5 cm³/mol. The number of hydrogen-bond donors (Lipinski definition) is 2. The summed E-state index contributed by atoms with van der Waals surface area (Å²) in [7, 11) is 0. The Labute approximate surface area is 88.1 Å². The minimum atomic E-state index is -0.744. The fourth-order valence-corrected chi connectivity index (χ4v) is 1.38. The Balaban J connectivity index is 2.31. The quantitative estimate of drug-likeness (QED) is 0.375. The third-order valence-electron chi connectivity index (χ3n) is 2.14. The molecule has 80 valence electrons. The molecule has 0 heterocycles. The Hall–Kier alpha value is -1.83. The lowest BCUT2D eigenvalue weighted by molar-refractivity contribution is -0.139. The monoisotopic (exact) mass is 207 g/mol. The van der Waals surface area contributed by atoms with Crippen LogP contribution < -0.4 is 10.6 Å². The van der Waals surface area contributed by atoms with Gasteiger partial charge in [-0.05, 0) is 19.3 Å². The molecule has 5 nitrogen and oxygen atoms in total. The maximum absolute atomic E-state index is 11.3. The van der Waals surface area contributed by atoms with Crippen LogP contribution in [0, 0.1) is 11.3 Å². The molecule has 0 aromatic carbocycles. The lowest BCUT2D eigenvalue weighted by Crippen LogP contribution is -2.44. The molecule has 1 unspecified atom stereocenters. The van der Waals surface area contributed by atoms with Crippen molar-refractivity contribution in [2.75, 3.05) is 6.54 Å². The van der Waals surface area contributed by atoms with Gasteiger partial charge < -0.3 is 10.6 Å². The third-order valence-corrected chi connectivity index (χ3v) is 2.14. The van der Waals surface area contributed by atoms with Crippen LogP contribution in [-0.4, -0.2) is 24.4 Å². The van der Waals surface area contributed by atoms with Gasteiger partial charge in [0.25, 0.3) is 0 Å². The predicted octanol–water partition coefficient (Wildman–Crippen LogP) is -0.149. The molecular formula is C10H13N3O2. The molecular weight excluding hydrogens is 194 g/mol. The van der Waals surface area contributed by atoms with Gasteiger partial charge in [-0.15, -0.1) is 0 Å². The highest BCUT2D eigenvalue weighted by Gasteiger charge is 2.17. The van der Waals surface area contributed by atoms with E-state index in [1.54, 1.807) is 6.07 Å². The van der Waals surface area contributed by atoms with E-state index in [0.717, 1.165) is 19.3 Å². The molecule has 2 amide bonds. The molecule has 0 saturated carbocycles. The molecule has 0 radical (unpaired) electrons. The smallest absolute Gasteiger partial charge is 0.310 e. The minimum Gasteiger partial charge on any atom is -0.345 e. The van der Waals surface area contributed by atoms with Crippen LogP contribution in [-0.2, 0) is 9.59 Å². The minimum absolute atomic E-state index is 0.0373. The molecule has 2 N–H and O–H groups in total. The second kappa shape index (κ2) is 5.81. The molecule has 0 aliphatic heterocycles. The maximum Gasteiger partial charge on any atom is 0.310 e. The summed E-state index contributed by atoms with van der Waals surface area (Å²) in [6.07, 6.45) is 6.58. The lowest BCUT2D eigenvalue weighted by atomic mass is 10.0. The van der Waals surface area contributed by atoms with E-state index in [1.807, 2.05) is 6.08 Å². The Morgan fingerprint density at radius 1 is 1.40 bits per heavy atom. The van der Waals surface area contributed by atoms with E-state index in [1.165, 1.54) is 0 Å². The standard InChI is InChI=1S/C10H13N3O2/c11-6-7-12-9(14)10(15)13-8-4-2-1-3-5-8/h1-2,8H,3-5,7H2,(H,12,14)(H,13,15). The average molecular weight is 207 g/mol. The zero-order valence-corrected chi connectivity index (χ0v) is 8.32. The Kier molecular flexibility index (Phi) is 4.35.